The lowest BCUT2D eigenvalue weighted by Crippen LogP contribution is -2.31. The molecule has 0 aliphatic rings. The van der Waals surface area contributed by atoms with Crippen molar-refractivity contribution in [3.05, 3.63) is 0 Å². The molecule has 0 unspecified atom stereocenters. The van der Waals surface area contributed by atoms with Crippen molar-refractivity contribution in [2.75, 3.05) is 25.9 Å². The first-order chi connectivity index (χ1) is 6.02. The molecule has 0 aromatic rings. The molecular formula is C7H15N3O2S. The van der Waals surface area contributed by atoms with Gasteiger partial charge in [0.05, 0.1) is 6.26 Å². The van der Waals surface area contributed by atoms with Gasteiger partial charge in [-0.1, -0.05) is 6.92 Å². The molecule has 0 aromatic heterocycles. The second-order valence-corrected chi connectivity index (χ2v) is 4.63. The molecule has 0 saturated carbocycles. The third-order valence-electron chi connectivity index (χ3n) is 1.61. The van der Waals surface area contributed by atoms with Crippen LogP contribution in [0.15, 0.2) is 0 Å². The van der Waals surface area contributed by atoms with E-state index in [0.717, 1.165) is 0 Å². The summed E-state index contributed by atoms with van der Waals surface area (Å²) in [4.78, 5) is 0. The number of hydrogen-bond acceptors (Lipinski definition) is 4. The number of nitriles is 1. The van der Waals surface area contributed by atoms with Crippen molar-refractivity contribution in [2.24, 2.45) is 0 Å². The summed E-state index contributed by atoms with van der Waals surface area (Å²) >= 11 is 0. The minimum absolute atomic E-state index is 0.462. The molecule has 76 valence electrons. The summed E-state index contributed by atoms with van der Waals surface area (Å²) in [6.07, 6.45) is 3.62. The Kier molecular flexibility index (Phi) is 5.42. The Hall–Kier alpha value is -0.800. The maximum atomic E-state index is 11.1. The molecule has 0 bridgehead atoms. The van der Waals surface area contributed by atoms with Gasteiger partial charge in [0.1, 0.15) is 0 Å². The van der Waals surface area contributed by atoms with Crippen molar-refractivity contribution >= 4 is 10.0 Å². The molecule has 0 saturated heterocycles. The topological polar surface area (TPSA) is 73.2 Å². The predicted octanol–water partition coefficient (Wildman–Crippen LogP) is -0.271. The van der Waals surface area contributed by atoms with E-state index in [2.05, 4.69) is 5.32 Å². The average molecular weight is 205 g/mol. The Balaban J connectivity index is 3.82. The third-order valence-corrected chi connectivity index (χ3v) is 2.99. The van der Waals surface area contributed by atoms with Crippen LogP contribution >= 0.6 is 0 Å². The lowest BCUT2D eigenvalue weighted by molar-refractivity contribution is 0.424. The van der Waals surface area contributed by atoms with Crippen molar-refractivity contribution in [2.45, 2.75) is 13.3 Å². The minimum Gasteiger partial charge on any atom is -0.324 e. The van der Waals surface area contributed by atoms with E-state index in [1.54, 1.807) is 13.1 Å². The third kappa shape index (κ3) is 5.44. The van der Waals surface area contributed by atoms with Crippen molar-refractivity contribution in [3.8, 4) is 6.19 Å². The summed E-state index contributed by atoms with van der Waals surface area (Å²) in [6.45, 7) is 3.25. The number of nitrogens with zero attached hydrogens (tertiary/aromatic N) is 2. The van der Waals surface area contributed by atoms with E-state index in [1.165, 1.54) is 10.6 Å². The number of nitrogens with one attached hydrogen (secondary N) is 1. The van der Waals surface area contributed by atoms with Crippen LogP contribution in [-0.2, 0) is 10.0 Å². The summed E-state index contributed by atoms with van der Waals surface area (Å²) in [5, 5.41) is 10.6. The van der Waals surface area contributed by atoms with Gasteiger partial charge >= 0.3 is 0 Å². The highest BCUT2D eigenvalue weighted by molar-refractivity contribution is 7.88. The van der Waals surface area contributed by atoms with E-state index in [4.69, 9.17) is 5.26 Å². The van der Waals surface area contributed by atoms with Gasteiger partial charge in [0.2, 0.25) is 10.0 Å². The standard InChI is InChI=1S/C7H15N3O2S/c1-3-10(13(2,11)12)6-4-5-9-7-8/h9H,3-6H2,1-2H3. The van der Waals surface area contributed by atoms with E-state index in [0.29, 0.717) is 26.1 Å². The summed E-state index contributed by atoms with van der Waals surface area (Å²) in [5.41, 5.74) is 0. The lowest BCUT2D eigenvalue weighted by atomic mass is 10.4. The van der Waals surface area contributed by atoms with Crippen LogP contribution in [-0.4, -0.2) is 38.6 Å². The van der Waals surface area contributed by atoms with Crippen molar-refractivity contribution in [1.29, 1.82) is 5.26 Å². The molecule has 0 rings (SSSR count). The largest absolute Gasteiger partial charge is 0.324 e. The van der Waals surface area contributed by atoms with Gasteiger partial charge in [-0.2, -0.15) is 5.26 Å². The molecule has 6 heteroatoms. The van der Waals surface area contributed by atoms with E-state index in [1.807, 2.05) is 0 Å². The van der Waals surface area contributed by atoms with E-state index in [9.17, 15) is 8.42 Å². The maximum Gasteiger partial charge on any atom is 0.211 e. The molecule has 13 heavy (non-hydrogen) atoms. The molecule has 0 amide bonds. The number of rotatable bonds is 6. The van der Waals surface area contributed by atoms with Gasteiger partial charge < -0.3 is 5.32 Å². The Morgan fingerprint density at radius 3 is 2.54 bits per heavy atom. The summed E-state index contributed by atoms with van der Waals surface area (Å²) in [5.74, 6) is 0. The van der Waals surface area contributed by atoms with E-state index < -0.39 is 10.0 Å². The van der Waals surface area contributed by atoms with Crippen LogP contribution in [0.2, 0.25) is 0 Å². The fourth-order valence-electron chi connectivity index (χ4n) is 0.958. The molecule has 0 aliphatic heterocycles. The average Bonchev–Trinajstić information content (AvgIpc) is 2.02. The van der Waals surface area contributed by atoms with Crippen LogP contribution in [0.4, 0.5) is 0 Å². The fraction of sp³-hybridized carbons (Fsp3) is 0.857. The van der Waals surface area contributed by atoms with Crippen LogP contribution in [0.5, 0.6) is 0 Å². The van der Waals surface area contributed by atoms with E-state index >= 15 is 0 Å². The van der Waals surface area contributed by atoms with Crippen molar-refractivity contribution < 1.29 is 8.42 Å². The van der Waals surface area contributed by atoms with Crippen molar-refractivity contribution in [3.63, 3.8) is 0 Å². The zero-order valence-electron chi connectivity index (χ0n) is 7.95. The molecule has 0 heterocycles. The molecule has 0 aromatic carbocycles. The van der Waals surface area contributed by atoms with Gasteiger partial charge in [-0.3, -0.25) is 0 Å². The molecule has 0 aliphatic carbocycles. The summed E-state index contributed by atoms with van der Waals surface area (Å²) in [7, 11) is -3.08. The monoisotopic (exact) mass is 205 g/mol. The Bertz CT molecular complexity index is 268. The van der Waals surface area contributed by atoms with E-state index in [-0.39, 0.29) is 0 Å². The first-order valence-corrected chi connectivity index (χ1v) is 5.94. The number of sulfonamides is 1. The maximum absolute atomic E-state index is 11.1. The quantitative estimate of drug-likeness (QED) is 0.368. The zero-order chi connectivity index (χ0) is 10.3. The van der Waals surface area contributed by atoms with Gasteiger partial charge in [0, 0.05) is 19.6 Å². The highest BCUT2D eigenvalue weighted by atomic mass is 32.2. The highest BCUT2D eigenvalue weighted by Gasteiger charge is 2.12. The SMILES string of the molecule is CCN(CCCNC#N)S(C)(=O)=O. The van der Waals surface area contributed by atoms with Crippen LogP contribution in [0.1, 0.15) is 13.3 Å². The molecule has 1 N–H and O–H groups in total. The van der Waals surface area contributed by atoms with Crippen LogP contribution in [0.3, 0.4) is 0 Å². The molecule has 0 radical (unpaired) electrons. The first kappa shape index (κ1) is 12.2. The van der Waals surface area contributed by atoms with Gasteiger partial charge in [0.25, 0.3) is 0 Å². The highest BCUT2D eigenvalue weighted by Crippen LogP contribution is 1.97. The molecule has 0 fully saturated rings. The van der Waals surface area contributed by atoms with Gasteiger partial charge in [-0.25, -0.2) is 12.7 Å². The molecular weight excluding hydrogens is 190 g/mol. The first-order valence-electron chi connectivity index (χ1n) is 4.09. The molecule has 0 spiro atoms. The summed E-state index contributed by atoms with van der Waals surface area (Å²) in [6, 6.07) is 0. The molecule has 0 atom stereocenters. The molecule has 5 nitrogen and oxygen atoms in total. The summed E-state index contributed by atoms with van der Waals surface area (Å²) < 4.78 is 23.5. The lowest BCUT2D eigenvalue weighted by Gasteiger charge is -2.16. The Morgan fingerprint density at radius 2 is 2.15 bits per heavy atom. The van der Waals surface area contributed by atoms with Crippen LogP contribution in [0, 0.1) is 11.5 Å². The fourth-order valence-corrected chi connectivity index (χ4v) is 1.89. The Labute approximate surface area is 79.4 Å². The second-order valence-electron chi connectivity index (χ2n) is 2.65. The number of hydrogen-bond donors (Lipinski definition) is 1. The normalized spacial score (nSPS) is 11.2. The minimum atomic E-state index is -3.08. The second kappa shape index (κ2) is 5.78. The van der Waals surface area contributed by atoms with Gasteiger partial charge in [-0.15, -0.1) is 0 Å². The van der Waals surface area contributed by atoms with Gasteiger partial charge in [0.15, 0.2) is 6.19 Å². The van der Waals surface area contributed by atoms with Gasteiger partial charge in [-0.05, 0) is 6.42 Å². The van der Waals surface area contributed by atoms with Crippen molar-refractivity contribution in [1.82, 2.24) is 9.62 Å². The van der Waals surface area contributed by atoms with Crippen LogP contribution < -0.4 is 5.32 Å². The zero-order valence-corrected chi connectivity index (χ0v) is 8.76. The Morgan fingerprint density at radius 1 is 1.54 bits per heavy atom. The smallest absolute Gasteiger partial charge is 0.211 e. The van der Waals surface area contributed by atoms with Crippen LogP contribution in [0.25, 0.3) is 0 Å². The predicted molar refractivity (Wildman–Crippen MR) is 50.3 cm³/mol.